The van der Waals surface area contributed by atoms with Gasteiger partial charge in [-0.2, -0.15) is 0 Å². The second-order valence-corrected chi connectivity index (χ2v) is 7.63. The van der Waals surface area contributed by atoms with Crippen molar-refractivity contribution in [1.82, 2.24) is 16.0 Å². The van der Waals surface area contributed by atoms with Crippen LogP contribution in [0.1, 0.15) is 24.4 Å². The lowest BCUT2D eigenvalue weighted by Gasteiger charge is -2.60. The maximum Gasteiger partial charge on any atom is 0.408 e. The lowest BCUT2D eigenvalue weighted by atomic mass is 9.44. The number of hydrogen-bond donors (Lipinski definition) is 3. The van der Waals surface area contributed by atoms with Crippen LogP contribution in [0.2, 0.25) is 5.02 Å². The molecule has 7 heteroatoms. The van der Waals surface area contributed by atoms with Crippen molar-refractivity contribution in [2.45, 2.75) is 37.1 Å². The van der Waals surface area contributed by atoms with Crippen LogP contribution in [0, 0.1) is 11.3 Å². The molecule has 2 saturated heterocycles. The number of cyclic esters (lactones) is 1. The van der Waals surface area contributed by atoms with E-state index in [1.807, 2.05) is 24.3 Å². The number of hydrogen-bond acceptors (Lipinski definition) is 4. The molecule has 2 aliphatic heterocycles. The number of amides is 2. The van der Waals surface area contributed by atoms with Gasteiger partial charge in [-0.1, -0.05) is 23.7 Å². The van der Waals surface area contributed by atoms with E-state index in [1.165, 1.54) is 6.42 Å². The molecule has 6 unspecified atom stereocenters. The van der Waals surface area contributed by atoms with Crippen molar-refractivity contribution in [3.05, 3.63) is 34.9 Å². The molecular weight excluding hydrogens is 330 g/mol. The zero-order valence-electron chi connectivity index (χ0n) is 12.9. The van der Waals surface area contributed by atoms with E-state index in [0.29, 0.717) is 23.0 Å². The second kappa shape index (κ2) is 4.86. The molecule has 6 atom stereocenters. The Hall–Kier alpha value is -1.79. The highest BCUT2D eigenvalue weighted by Gasteiger charge is 2.77. The highest BCUT2D eigenvalue weighted by molar-refractivity contribution is 6.30. The van der Waals surface area contributed by atoms with Crippen molar-refractivity contribution in [1.29, 1.82) is 0 Å². The SMILES string of the molecule is O=C1NCC(C(=O)NC(c2ccc(Cl)cc2)C23CCC2C2NC23)O1. The van der Waals surface area contributed by atoms with Crippen LogP contribution in [0.15, 0.2) is 24.3 Å². The molecule has 0 radical (unpaired) electrons. The van der Waals surface area contributed by atoms with Gasteiger partial charge in [-0.05, 0) is 36.5 Å². The molecule has 0 spiro atoms. The van der Waals surface area contributed by atoms with Crippen LogP contribution in [0.3, 0.4) is 0 Å². The van der Waals surface area contributed by atoms with Crippen LogP contribution in [0.25, 0.3) is 0 Å². The van der Waals surface area contributed by atoms with Gasteiger partial charge < -0.3 is 20.7 Å². The molecule has 4 aliphatic rings. The largest absolute Gasteiger partial charge is 0.434 e. The Morgan fingerprint density at radius 2 is 2.17 bits per heavy atom. The summed E-state index contributed by atoms with van der Waals surface area (Å²) in [5.74, 6) is 0.380. The van der Waals surface area contributed by atoms with E-state index in [1.54, 1.807) is 0 Å². The molecule has 1 aromatic rings. The number of benzene rings is 1. The number of carbonyl (C=O) groups is 2. The summed E-state index contributed by atoms with van der Waals surface area (Å²) >= 11 is 6.02. The van der Waals surface area contributed by atoms with Crippen LogP contribution < -0.4 is 16.0 Å². The highest BCUT2D eigenvalue weighted by Crippen LogP contribution is 2.71. The Labute approximate surface area is 144 Å². The van der Waals surface area contributed by atoms with Crippen LogP contribution in [-0.2, 0) is 9.53 Å². The topological polar surface area (TPSA) is 89.4 Å². The fraction of sp³-hybridized carbons (Fsp3) is 0.529. The van der Waals surface area contributed by atoms with Gasteiger partial charge in [0.15, 0.2) is 6.10 Å². The summed E-state index contributed by atoms with van der Waals surface area (Å²) in [4.78, 5) is 23.8. The molecule has 2 heterocycles. The lowest BCUT2D eigenvalue weighted by molar-refractivity contribution is -0.134. The monoisotopic (exact) mass is 347 g/mol. The first-order valence-electron chi connectivity index (χ1n) is 8.36. The number of nitrogens with one attached hydrogen (secondary N) is 3. The molecule has 0 aromatic heterocycles. The van der Waals surface area contributed by atoms with E-state index >= 15 is 0 Å². The minimum atomic E-state index is -0.759. The Kier molecular flexibility index (Phi) is 2.95. The Bertz CT molecular complexity index is 724. The van der Waals surface area contributed by atoms with Crippen molar-refractivity contribution in [2.24, 2.45) is 11.3 Å². The first-order valence-corrected chi connectivity index (χ1v) is 8.74. The van der Waals surface area contributed by atoms with Crippen LogP contribution in [-0.4, -0.2) is 36.7 Å². The predicted octanol–water partition coefficient (Wildman–Crippen LogP) is 1.36. The molecule has 0 bridgehead atoms. The van der Waals surface area contributed by atoms with E-state index in [0.717, 1.165) is 12.0 Å². The van der Waals surface area contributed by atoms with Gasteiger partial charge in [0.2, 0.25) is 0 Å². The van der Waals surface area contributed by atoms with Crippen LogP contribution in [0.4, 0.5) is 4.79 Å². The molecule has 6 nitrogen and oxygen atoms in total. The summed E-state index contributed by atoms with van der Waals surface area (Å²) in [7, 11) is 0. The minimum absolute atomic E-state index is 0.0865. The summed E-state index contributed by atoms with van der Waals surface area (Å²) in [5, 5.41) is 9.90. The lowest BCUT2D eigenvalue weighted by Crippen LogP contribution is -2.63. The molecule has 1 aromatic carbocycles. The molecule has 4 fully saturated rings. The normalized spacial score (nSPS) is 39.3. The average Bonchev–Trinajstić information content (AvgIpc) is 3.11. The second-order valence-electron chi connectivity index (χ2n) is 7.20. The fourth-order valence-electron chi connectivity index (χ4n) is 4.91. The fourth-order valence-corrected chi connectivity index (χ4v) is 5.03. The highest BCUT2D eigenvalue weighted by atomic mass is 35.5. The van der Waals surface area contributed by atoms with Gasteiger partial charge in [0, 0.05) is 22.5 Å². The number of alkyl carbamates (subject to hydrolysis) is 1. The summed E-state index contributed by atoms with van der Waals surface area (Å²) in [6.07, 6.45) is 1.01. The zero-order valence-corrected chi connectivity index (χ0v) is 13.7. The Morgan fingerprint density at radius 3 is 2.75 bits per heavy atom. The summed E-state index contributed by atoms with van der Waals surface area (Å²) < 4.78 is 5.03. The third-order valence-corrected chi connectivity index (χ3v) is 6.47. The first-order chi connectivity index (χ1) is 11.6. The van der Waals surface area contributed by atoms with E-state index < -0.39 is 12.2 Å². The molecule has 2 saturated carbocycles. The van der Waals surface area contributed by atoms with E-state index in [-0.39, 0.29) is 23.9 Å². The first kappa shape index (κ1) is 14.5. The number of ether oxygens (including phenoxy) is 1. The molecular formula is C17H18ClN3O3. The van der Waals surface area contributed by atoms with Crippen molar-refractivity contribution < 1.29 is 14.3 Å². The van der Waals surface area contributed by atoms with Crippen LogP contribution >= 0.6 is 11.6 Å². The molecule has 3 N–H and O–H groups in total. The van der Waals surface area contributed by atoms with Crippen molar-refractivity contribution in [3.8, 4) is 0 Å². The van der Waals surface area contributed by atoms with Gasteiger partial charge in [0.1, 0.15) is 0 Å². The summed E-state index contributed by atoms with van der Waals surface area (Å²) in [6.45, 7) is 0.221. The molecule has 2 aliphatic carbocycles. The van der Waals surface area contributed by atoms with Crippen molar-refractivity contribution in [3.63, 3.8) is 0 Å². The quantitative estimate of drug-likeness (QED) is 0.717. The van der Waals surface area contributed by atoms with Gasteiger partial charge in [-0.15, -0.1) is 0 Å². The number of rotatable bonds is 4. The van der Waals surface area contributed by atoms with Crippen LogP contribution in [0.5, 0.6) is 0 Å². The zero-order chi connectivity index (χ0) is 16.5. The third-order valence-electron chi connectivity index (χ3n) is 6.21. The number of fused-ring (bicyclic) bond motifs is 4. The Morgan fingerprint density at radius 1 is 1.38 bits per heavy atom. The van der Waals surface area contributed by atoms with Crippen molar-refractivity contribution >= 4 is 23.6 Å². The van der Waals surface area contributed by atoms with Gasteiger partial charge in [-0.3, -0.25) is 4.79 Å². The standard InChI is InChI=1S/C17H18ClN3O3/c18-9-3-1-8(2-4-9)13(17-6-5-10(17)12-14(17)20-12)21-15(22)11-7-19-16(23)24-11/h1-4,10-14,20H,5-7H2,(H,19,23)(H,21,22). The molecule has 2 amide bonds. The van der Waals surface area contributed by atoms with Gasteiger partial charge in [-0.25, -0.2) is 4.79 Å². The Balaban J connectivity index is 1.43. The predicted molar refractivity (Wildman–Crippen MR) is 86.5 cm³/mol. The molecule has 24 heavy (non-hydrogen) atoms. The minimum Gasteiger partial charge on any atom is -0.434 e. The van der Waals surface area contributed by atoms with E-state index in [4.69, 9.17) is 16.3 Å². The average molecular weight is 348 g/mol. The molecule has 126 valence electrons. The van der Waals surface area contributed by atoms with Gasteiger partial charge in [0.05, 0.1) is 12.6 Å². The maximum absolute atomic E-state index is 12.6. The van der Waals surface area contributed by atoms with Gasteiger partial charge >= 0.3 is 6.09 Å². The number of halogens is 1. The molecule has 5 rings (SSSR count). The van der Waals surface area contributed by atoms with E-state index in [9.17, 15) is 9.59 Å². The third kappa shape index (κ3) is 1.87. The van der Waals surface area contributed by atoms with Gasteiger partial charge in [0.25, 0.3) is 5.91 Å². The summed E-state index contributed by atoms with van der Waals surface area (Å²) in [6, 6.07) is 8.69. The summed E-state index contributed by atoms with van der Waals surface area (Å²) in [5.41, 5.74) is 1.14. The van der Waals surface area contributed by atoms with Crippen molar-refractivity contribution in [2.75, 3.05) is 6.54 Å². The maximum atomic E-state index is 12.6. The number of carbonyl (C=O) groups excluding carboxylic acids is 2. The smallest absolute Gasteiger partial charge is 0.408 e. The van der Waals surface area contributed by atoms with E-state index in [2.05, 4.69) is 16.0 Å².